The number of fused-ring (bicyclic) bond motifs is 4. The normalized spacial score (nSPS) is 17.0. The number of aromatic nitrogens is 8. The van der Waals surface area contributed by atoms with Crippen LogP contribution in [0.2, 0.25) is 0 Å². The molecule has 8 rings (SSSR count). The van der Waals surface area contributed by atoms with Gasteiger partial charge in [0, 0.05) is 28.2 Å². The van der Waals surface area contributed by atoms with Crippen molar-refractivity contribution >= 4 is 46.0 Å². The van der Waals surface area contributed by atoms with Gasteiger partial charge >= 0.3 is 19.5 Å². The van der Waals surface area contributed by atoms with Gasteiger partial charge in [0.05, 0.1) is 37.6 Å². The van der Waals surface area contributed by atoms with E-state index in [4.69, 9.17) is 0 Å². The fraction of sp³-hybridized carbons (Fsp3) is 0.154. The van der Waals surface area contributed by atoms with Crippen molar-refractivity contribution in [2.45, 2.75) is 0 Å². The molecule has 0 fully saturated rings. The van der Waals surface area contributed by atoms with Crippen LogP contribution in [0.5, 0.6) is 0 Å². The van der Waals surface area contributed by atoms with Crippen LogP contribution in [-0.4, -0.2) is 68.1 Å². The number of hydrogen-bond acceptors (Lipinski definition) is 12. The average Bonchev–Trinajstić information content (AvgIpc) is 3.72. The molecule has 10 radical (unpaired) electrons. The van der Waals surface area contributed by atoms with E-state index < -0.39 is 0 Å². The van der Waals surface area contributed by atoms with Gasteiger partial charge in [0.15, 0.2) is 47.9 Å². The largest absolute Gasteiger partial charge is 2.00 e. The number of nitrogens with zero attached hydrogens (tertiary/aromatic N) is 16. The maximum absolute atomic E-state index is 4.49. The molecular weight excluding hydrogens is 602 g/mol. The molecule has 0 saturated carbocycles. The van der Waals surface area contributed by atoms with Crippen LogP contribution in [0.25, 0.3) is 0 Å². The van der Waals surface area contributed by atoms with Gasteiger partial charge in [-0.3, -0.25) is 0 Å². The van der Waals surface area contributed by atoms with E-state index in [1.165, 1.54) is 25.3 Å². The molecule has 16 nitrogen and oxygen atoms in total. The maximum Gasteiger partial charge on any atom is 2.00 e. The van der Waals surface area contributed by atoms with E-state index in [9.17, 15) is 0 Å². The van der Waals surface area contributed by atoms with E-state index in [0.29, 0.717) is 23.3 Å². The van der Waals surface area contributed by atoms with Crippen molar-refractivity contribution in [2.24, 2.45) is 0 Å². The Hall–Kier alpha value is -4.66. The molecule has 4 aliphatic heterocycles. The number of anilines is 4. The van der Waals surface area contributed by atoms with Crippen molar-refractivity contribution in [2.75, 3.05) is 47.8 Å². The third kappa shape index (κ3) is 5.13. The van der Waals surface area contributed by atoms with Crippen LogP contribution in [0.1, 0.15) is 0 Å². The minimum atomic E-state index is 0. The molecule has 4 aliphatic rings. The van der Waals surface area contributed by atoms with Gasteiger partial charge in [0.1, 0.15) is 48.1 Å². The molecule has 206 valence electrons. The second kappa shape index (κ2) is 11.6. The molecule has 0 saturated heterocycles. The first-order valence-electron chi connectivity index (χ1n) is 12.7. The van der Waals surface area contributed by atoms with Crippen molar-refractivity contribution < 1.29 is 19.5 Å². The summed E-state index contributed by atoms with van der Waals surface area (Å²) in [6.45, 7) is 0. The molecule has 4 aromatic rings. The summed E-state index contributed by atoms with van der Waals surface area (Å²) >= 11 is 0. The van der Waals surface area contributed by atoms with Crippen molar-refractivity contribution in [3.05, 3.63) is 87.6 Å². The Balaban J connectivity index is 0.000000150. The van der Waals surface area contributed by atoms with Crippen molar-refractivity contribution in [1.82, 2.24) is 61.1 Å². The fourth-order valence-electron chi connectivity index (χ4n) is 4.53. The van der Waals surface area contributed by atoms with Gasteiger partial charge in [-0.25, -0.2) is 61.1 Å². The Morgan fingerprint density at radius 2 is 0.651 bits per heavy atom. The van der Waals surface area contributed by atoms with Gasteiger partial charge < -0.3 is 19.6 Å². The Kier molecular flexibility index (Phi) is 7.65. The predicted molar refractivity (Wildman–Crippen MR) is 150 cm³/mol. The Labute approximate surface area is 261 Å². The van der Waals surface area contributed by atoms with Gasteiger partial charge in [-0.05, 0) is 0 Å². The van der Waals surface area contributed by atoms with Gasteiger partial charge in [-0.1, -0.05) is 0 Å². The summed E-state index contributed by atoms with van der Waals surface area (Å²) in [4.78, 5) is 40.4. The zero-order valence-electron chi connectivity index (χ0n) is 23.6. The molecule has 0 spiro atoms. The minimum Gasteiger partial charge on any atom is -0.342 e. The molecule has 0 unspecified atom stereocenters. The first-order chi connectivity index (χ1) is 20.5. The van der Waals surface area contributed by atoms with E-state index in [2.05, 4.69) is 61.1 Å². The van der Waals surface area contributed by atoms with Crippen LogP contribution in [0.4, 0.5) is 46.0 Å². The van der Waals surface area contributed by atoms with E-state index in [0.717, 1.165) is 47.4 Å². The molecule has 43 heavy (non-hydrogen) atoms. The summed E-state index contributed by atoms with van der Waals surface area (Å²) in [5, 5.41) is 17.9. The average molecular weight is 624 g/mol. The Morgan fingerprint density at radius 3 is 0.860 bits per heavy atom. The molecule has 0 amide bonds. The standard InChI is InChI=1S/2C13H11N8.Zn/c2*1-20-8-4-14-6-16-12(8)18-10(20)3-11-19-13-9(21(11)2)5-15-7-17-13;/h2*3-7H,1-2H3;/q;;+2. The van der Waals surface area contributed by atoms with Crippen LogP contribution in [0, 0.1) is 37.5 Å². The SMILES string of the molecule is CN1[C]([CH][C]2[N]c3ncncc3N2C)[N]c2ncncc21.CN1[C]([CH][C]2[N]c3ncncc3N2C)[N]c2ncncc21.[Zn+2]. The third-order valence-electron chi connectivity index (χ3n) is 6.91. The first-order valence-corrected chi connectivity index (χ1v) is 12.7. The second-order valence-corrected chi connectivity index (χ2v) is 9.33. The van der Waals surface area contributed by atoms with Crippen LogP contribution < -0.4 is 40.9 Å². The predicted octanol–water partition coefficient (Wildman–Crippen LogP) is 1.04. The summed E-state index contributed by atoms with van der Waals surface area (Å²) in [7, 11) is 7.69. The summed E-state index contributed by atoms with van der Waals surface area (Å²) < 4.78 is 0. The van der Waals surface area contributed by atoms with Gasteiger partial charge in [0.25, 0.3) is 0 Å². The van der Waals surface area contributed by atoms with E-state index in [-0.39, 0.29) is 19.5 Å². The van der Waals surface area contributed by atoms with Crippen molar-refractivity contribution in [3.63, 3.8) is 0 Å². The zero-order chi connectivity index (χ0) is 28.8. The monoisotopic (exact) mass is 622 g/mol. The van der Waals surface area contributed by atoms with Crippen LogP contribution in [0.15, 0.2) is 50.1 Å². The third-order valence-corrected chi connectivity index (χ3v) is 6.91. The maximum atomic E-state index is 4.49. The fourth-order valence-corrected chi connectivity index (χ4v) is 4.53. The van der Waals surface area contributed by atoms with Crippen LogP contribution >= 0.6 is 0 Å². The van der Waals surface area contributed by atoms with Crippen molar-refractivity contribution in [3.8, 4) is 0 Å². The second-order valence-electron chi connectivity index (χ2n) is 9.33. The quantitative estimate of drug-likeness (QED) is 0.296. The zero-order valence-corrected chi connectivity index (χ0v) is 26.6. The topological polar surface area (TPSA) is 172 Å². The minimum absolute atomic E-state index is 0. The van der Waals surface area contributed by atoms with Crippen LogP contribution in [0.3, 0.4) is 0 Å². The molecule has 0 aliphatic carbocycles. The summed E-state index contributed by atoms with van der Waals surface area (Å²) in [5.74, 6) is 2.66. The number of rotatable bonds is 4. The number of hydrogen-bond donors (Lipinski definition) is 0. The summed E-state index contributed by atoms with van der Waals surface area (Å²) in [5.41, 5.74) is 3.51. The molecule has 8 heterocycles. The molecule has 0 atom stereocenters. The Morgan fingerprint density at radius 1 is 0.419 bits per heavy atom. The molecule has 0 N–H and O–H groups in total. The van der Waals surface area contributed by atoms with Gasteiger partial charge in [-0.15, -0.1) is 0 Å². The molecular formula is C26H22N16Zn+2. The van der Waals surface area contributed by atoms with Gasteiger partial charge in [0.2, 0.25) is 0 Å². The summed E-state index contributed by atoms with van der Waals surface area (Å²) in [6, 6.07) is 0. The molecule has 17 heteroatoms. The van der Waals surface area contributed by atoms with Crippen molar-refractivity contribution in [1.29, 1.82) is 0 Å². The molecule has 0 bridgehead atoms. The smallest absolute Gasteiger partial charge is 0.342 e. The summed E-state index contributed by atoms with van der Waals surface area (Å²) in [6.07, 6.45) is 19.8. The molecule has 4 aromatic heterocycles. The van der Waals surface area contributed by atoms with Crippen LogP contribution in [-0.2, 0) is 19.5 Å². The molecule has 0 aromatic carbocycles. The van der Waals surface area contributed by atoms with Gasteiger partial charge in [-0.2, -0.15) is 0 Å². The van der Waals surface area contributed by atoms with E-state index >= 15 is 0 Å². The van der Waals surface area contributed by atoms with E-state index in [1.807, 2.05) is 60.6 Å². The Bertz CT molecular complexity index is 1360. The van der Waals surface area contributed by atoms with E-state index in [1.54, 1.807) is 24.8 Å². The first kappa shape index (κ1) is 28.5.